The van der Waals surface area contributed by atoms with Crippen LogP contribution in [0, 0.1) is 6.29 Å². The summed E-state index contributed by atoms with van der Waals surface area (Å²) in [6, 6.07) is 0. The first kappa shape index (κ1) is 10.9. The average Bonchev–Trinajstić information content (AvgIpc) is 2.24. The Morgan fingerprint density at radius 2 is 2.00 bits per heavy atom. The van der Waals surface area contributed by atoms with E-state index in [1.54, 1.807) is 14.2 Å². The highest BCUT2D eigenvalue weighted by Crippen LogP contribution is 1.95. The van der Waals surface area contributed by atoms with Gasteiger partial charge in [0, 0.05) is 14.2 Å². The lowest BCUT2D eigenvalue weighted by Gasteiger charge is -2.16. The third-order valence-corrected chi connectivity index (χ3v) is 1.36. The van der Waals surface area contributed by atoms with Crippen LogP contribution in [0.15, 0.2) is 9.98 Å². The lowest BCUT2D eigenvalue weighted by molar-refractivity contribution is 0.175. The van der Waals surface area contributed by atoms with E-state index < -0.39 is 0 Å². The molecule has 0 bridgehead atoms. The quantitative estimate of drug-likeness (QED) is 0.486. The van der Waals surface area contributed by atoms with Crippen LogP contribution in [-0.2, 0) is 9.47 Å². The van der Waals surface area contributed by atoms with Crippen molar-refractivity contribution in [2.45, 2.75) is 0 Å². The van der Waals surface area contributed by atoms with Crippen LogP contribution in [-0.4, -0.2) is 40.0 Å². The summed E-state index contributed by atoms with van der Waals surface area (Å²) in [4.78, 5) is 8.05. The molecule has 0 fully saturated rings. The van der Waals surface area contributed by atoms with Gasteiger partial charge in [0.25, 0.3) is 6.29 Å². The maximum absolute atomic E-state index is 4.83. The Morgan fingerprint density at radius 3 is 2.71 bits per heavy atom. The SMILES string of the molecule is COCN[C]1N=C(NCOC)N=CN1. The van der Waals surface area contributed by atoms with Gasteiger partial charge in [-0.15, -0.1) is 0 Å². The molecule has 1 aliphatic heterocycles. The van der Waals surface area contributed by atoms with E-state index in [4.69, 9.17) is 9.47 Å². The number of aliphatic imine (C=N–C) groups is 2. The van der Waals surface area contributed by atoms with E-state index in [0.717, 1.165) is 0 Å². The molecular formula is C7H14N5O2. The zero-order chi connectivity index (χ0) is 10.2. The van der Waals surface area contributed by atoms with E-state index in [-0.39, 0.29) is 0 Å². The fraction of sp³-hybridized carbons (Fsp3) is 0.571. The van der Waals surface area contributed by atoms with Crippen molar-refractivity contribution in [1.29, 1.82) is 0 Å². The maximum atomic E-state index is 4.83. The van der Waals surface area contributed by atoms with Gasteiger partial charge in [0.05, 0.1) is 13.1 Å². The van der Waals surface area contributed by atoms with Crippen LogP contribution in [0.4, 0.5) is 0 Å². The molecule has 0 aromatic rings. The van der Waals surface area contributed by atoms with Crippen LogP contribution in [0.3, 0.4) is 0 Å². The molecule has 0 aromatic carbocycles. The molecule has 3 N–H and O–H groups in total. The third-order valence-electron chi connectivity index (χ3n) is 1.36. The Labute approximate surface area is 82.6 Å². The number of nitrogens with one attached hydrogen (secondary N) is 3. The Kier molecular flexibility index (Phi) is 4.90. The van der Waals surface area contributed by atoms with Gasteiger partial charge in [-0.25, -0.2) is 15.3 Å². The minimum absolute atomic E-state index is 0.369. The minimum atomic E-state index is 0.369. The number of methoxy groups -OCH3 is 2. The second-order valence-corrected chi connectivity index (χ2v) is 2.41. The number of guanidine groups is 1. The zero-order valence-corrected chi connectivity index (χ0v) is 8.20. The number of nitrogens with zero attached hydrogens (tertiary/aromatic N) is 2. The summed E-state index contributed by atoms with van der Waals surface area (Å²) in [5.41, 5.74) is 0. The fourth-order valence-electron chi connectivity index (χ4n) is 0.775. The van der Waals surface area contributed by atoms with Gasteiger partial charge in [-0.1, -0.05) is 0 Å². The van der Waals surface area contributed by atoms with E-state index in [9.17, 15) is 0 Å². The molecule has 0 saturated carbocycles. The first-order valence-corrected chi connectivity index (χ1v) is 4.07. The molecule has 0 spiro atoms. The highest BCUT2D eigenvalue weighted by atomic mass is 16.5. The second-order valence-electron chi connectivity index (χ2n) is 2.41. The van der Waals surface area contributed by atoms with E-state index in [2.05, 4.69) is 25.9 Å². The van der Waals surface area contributed by atoms with Crippen molar-refractivity contribution < 1.29 is 9.47 Å². The number of rotatable bonds is 5. The van der Waals surface area contributed by atoms with Crippen molar-refractivity contribution in [3.05, 3.63) is 6.29 Å². The van der Waals surface area contributed by atoms with Gasteiger partial charge >= 0.3 is 0 Å². The van der Waals surface area contributed by atoms with E-state index >= 15 is 0 Å². The van der Waals surface area contributed by atoms with Gasteiger partial charge in [0.15, 0.2) is 0 Å². The molecule has 0 aliphatic carbocycles. The van der Waals surface area contributed by atoms with Gasteiger partial charge in [-0.3, -0.25) is 0 Å². The highest BCUT2D eigenvalue weighted by molar-refractivity contribution is 5.89. The molecule has 1 heterocycles. The molecule has 7 nitrogen and oxygen atoms in total. The molecule has 1 rings (SSSR count). The predicted molar refractivity (Wildman–Crippen MR) is 52.3 cm³/mol. The molecule has 14 heavy (non-hydrogen) atoms. The molecule has 0 saturated heterocycles. The van der Waals surface area contributed by atoms with Crippen molar-refractivity contribution in [2.75, 3.05) is 27.7 Å². The topological polar surface area (TPSA) is 79.3 Å². The van der Waals surface area contributed by atoms with Crippen LogP contribution in [0.25, 0.3) is 0 Å². The Bertz CT molecular complexity index is 218. The predicted octanol–water partition coefficient (Wildman–Crippen LogP) is -1.19. The van der Waals surface area contributed by atoms with Crippen LogP contribution in [0.1, 0.15) is 0 Å². The Hall–Kier alpha value is -1.18. The zero-order valence-electron chi connectivity index (χ0n) is 8.20. The highest BCUT2D eigenvalue weighted by Gasteiger charge is 2.10. The molecule has 0 atom stereocenters. The molecule has 1 radical (unpaired) electrons. The van der Waals surface area contributed by atoms with E-state index in [1.165, 1.54) is 6.34 Å². The van der Waals surface area contributed by atoms with Gasteiger partial charge in [0.1, 0.15) is 6.73 Å². The molecule has 7 heteroatoms. The van der Waals surface area contributed by atoms with Gasteiger partial charge in [-0.2, -0.15) is 0 Å². The molecule has 1 aliphatic rings. The number of ether oxygens (including phenoxy) is 2. The monoisotopic (exact) mass is 200 g/mol. The maximum Gasteiger partial charge on any atom is 0.250 e. The smallest absolute Gasteiger partial charge is 0.250 e. The van der Waals surface area contributed by atoms with Crippen molar-refractivity contribution in [3.8, 4) is 0 Å². The standard InChI is InChI=1S/C7H14N5O2/c1-13-4-10-6-8-3-9-7(12-6)11-5-14-2/h3,10H,4-5H2,1-2H3,(H2,8,9,11,12). The summed E-state index contributed by atoms with van der Waals surface area (Å²) in [5.74, 6) is 0.490. The van der Waals surface area contributed by atoms with Gasteiger partial charge < -0.3 is 20.1 Å². The Balaban J connectivity index is 2.33. The molecule has 79 valence electrons. The lowest BCUT2D eigenvalue weighted by Crippen LogP contribution is -2.39. The Morgan fingerprint density at radius 1 is 1.29 bits per heavy atom. The summed E-state index contributed by atoms with van der Waals surface area (Å²) >= 11 is 0. The van der Waals surface area contributed by atoms with Crippen molar-refractivity contribution in [1.82, 2.24) is 16.0 Å². The molecular weight excluding hydrogens is 186 g/mol. The van der Waals surface area contributed by atoms with E-state index in [1.807, 2.05) is 0 Å². The fourth-order valence-corrected chi connectivity index (χ4v) is 0.775. The molecule has 0 unspecified atom stereocenters. The number of hydrogen-bond acceptors (Lipinski definition) is 7. The summed E-state index contributed by atoms with van der Waals surface area (Å²) < 4.78 is 9.65. The van der Waals surface area contributed by atoms with Gasteiger partial charge in [0.2, 0.25) is 5.96 Å². The first-order chi connectivity index (χ1) is 6.86. The van der Waals surface area contributed by atoms with Crippen LogP contribution < -0.4 is 16.0 Å². The minimum Gasteiger partial charge on any atom is -0.369 e. The van der Waals surface area contributed by atoms with Crippen LogP contribution in [0.5, 0.6) is 0 Å². The summed E-state index contributed by atoms with van der Waals surface area (Å²) in [7, 11) is 3.18. The second kappa shape index (κ2) is 6.30. The van der Waals surface area contributed by atoms with Crippen molar-refractivity contribution in [3.63, 3.8) is 0 Å². The van der Waals surface area contributed by atoms with E-state index in [0.29, 0.717) is 25.7 Å². The average molecular weight is 200 g/mol. The van der Waals surface area contributed by atoms with Crippen LogP contribution >= 0.6 is 0 Å². The number of hydrogen-bond donors (Lipinski definition) is 3. The molecule has 0 amide bonds. The van der Waals surface area contributed by atoms with Crippen molar-refractivity contribution >= 4 is 12.3 Å². The summed E-state index contributed by atoms with van der Waals surface area (Å²) in [6.45, 7) is 0.755. The summed E-state index contributed by atoms with van der Waals surface area (Å²) in [6.07, 6.45) is 2.11. The molecule has 0 aromatic heterocycles. The van der Waals surface area contributed by atoms with Crippen LogP contribution in [0.2, 0.25) is 0 Å². The lowest BCUT2D eigenvalue weighted by atomic mass is 10.7. The normalized spacial score (nSPS) is 16.3. The third kappa shape index (κ3) is 3.69. The van der Waals surface area contributed by atoms with Gasteiger partial charge in [-0.05, 0) is 0 Å². The first-order valence-electron chi connectivity index (χ1n) is 4.07. The summed E-state index contributed by atoms with van der Waals surface area (Å²) in [5, 5.41) is 8.59. The van der Waals surface area contributed by atoms with Crippen molar-refractivity contribution in [2.24, 2.45) is 9.98 Å². The largest absolute Gasteiger partial charge is 0.369 e.